The number of likely N-dealkylation sites (tertiary alicyclic amines) is 1. The molecule has 1 aliphatic rings. The molecule has 5 nitrogen and oxygen atoms in total. The van der Waals surface area contributed by atoms with Crippen LogP contribution in [-0.4, -0.2) is 43.4 Å². The molecule has 0 aliphatic carbocycles. The molecule has 120 valence electrons. The normalized spacial score (nSPS) is 22.1. The monoisotopic (exact) mass is 303 g/mol. The van der Waals surface area contributed by atoms with Gasteiger partial charge in [0, 0.05) is 31.4 Å². The van der Waals surface area contributed by atoms with Crippen molar-refractivity contribution in [1.29, 1.82) is 0 Å². The number of carbonyl (C=O) groups excluding carboxylic acids is 2. The third kappa shape index (κ3) is 4.56. The van der Waals surface area contributed by atoms with E-state index in [9.17, 15) is 9.59 Å². The summed E-state index contributed by atoms with van der Waals surface area (Å²) < 4.78 is 0. The van der Waals surface area contributed by atoms with Crippen LogP contribution in [0.3, 0.4) is 0 Å². The molecule has 22 heavy (non-hydrogen) atoms. The minimum absolute atomic E-state index is 0.0321. The summed E-state index contributed by atoms with van der Waals surface area (Å²) in [7, 11) is 1.59. The van der Waals surface area contributed by atoms with Gasteiger partial charge in [-0.1, -0.05) is 19.9 Å². The number of nitrogens with zero attached hydrogens (tertiary/aromatic N) is 1. The van der Waals surface area contributed by atoms with Crippen LogP contribution in [0, 0.1) is 11.8 Å². The van der Waals surface area contributed by atoms with Gasteiger partial charge < -0.3 is 10.6 Å². The lowest BCUT2D eigenvalue weighted by Crippen LogP contribution is -2.42. The molecule has 0 bridgehead atoms. The van der Waals surface area contributed by atoms with Gasteiger partial charge in [0.2, 0.25) is 5.91 Å². The third-order valence-electron chi connectivity index (χ3n) is 3.95. The lowest BCUT2D eigenvalue weighted by Gasteiger charge is -2.34. The Balaban J connectivity index is 1.93. The highest BCUT2D eigenvalue weighted by Gasteiger charge is 2.23. The van der Waals surface area contributed by atoms with E-state index < -0.39 is 0 Å². The maximum atomic E-state index is 12.2. The number of hydrogen-bond acceptors (Lipinski definition) is 3. The van der Waals surface area contributed by atoms with Gasteiger partial charge in [0.25, 0.3) is 5.91 Å². The average molecular weight is 303 g/mol. The number of piperidine rings is 1. The Morgan fingerprint density at radius 2 is 1.91 bits per heavy atom. The largest absolute Gasteiger partial charge is 0.355 e. The van der Waals surface area contributed by atoms with Gasteiger partial charge in [0.05, 0.1) is 6.54 Å². The van der Waals surface area contributed by atoms with E-state index in [1.54, 1.807) is 31.3 Å². The molecule has 1 aliphatic heterocycles. The van der Waals surface area contributed by atoms with Crippen LogP contribution in [0.2, 0.25) is 0 Å². The summed E-state index contributed by atoms with van der Waals surface area (Å²) in [6.07, 6.45) is 1.23. The zero-order valence-electron chi connectivity index (χ0n) is 13.6. The maximum Gasteiger partial charge on any atom is 0.251 e. The zero-order chi connectivity index (χ0) is 16.1. The highest BCUT2D eigenvalue weighted by molar-refractivity contribution is 5.97. The first-order valence-corrected chi connectivity index (χ1v) is 7.82. The number of rotatable bonds is 4. The van der Waals surface area contributed by atoms with Crippen LogP contribution >= 0.6 is 0 Å². The van der Waals surface area contributed by atoms with Crippen LogP contribution in [0.5, 0.6) is 0 Å². The molecule has 1 fully saturated rings. The highest BCUT2D eigenvalue weighted by Crippen LogP contribution is 2.20. The quantitative estimate of drug-likeness (QED) is 0.894. The summed E-state index contributed by atoms with van der Waals surface area (Å²) in [6.45, 7) is 6.80. The molecule has 2 N–H and O–H groups in total. The highest BCUT2D eigenvalue weighted by atomic mass is 16.2. The Kier molecular flexibility index (Phi) is 5.55. The van der Waals surface area contributed by atoms with Crippen LogP contribution in [0.25, 0.3) is 0 Å². The van der Waals surface area contributed by atoms with Gasteiger partial charge in [0.15, 0.2) is 0 Å². The van der Waals surface area contributed by atoms with Gasteiger partial charge in [-0.3, -0.25) is 14.5 Å². The Labute approximate surface area is 132 Å². The van der Waals surface area contributed by atoms with E-state index in [0.29, 0.717) is 29.6 Å². The molecule has 0 radical (unpaired) electrons. The summed E-state index contributed by atoms with van der Waals surface area (Å²) in [5.74, 6) is 1.08. The van der Waals surface area contributed by atoms with E-state index in [1.807, 2.05) is 0 Å². The molecule has 2 rings (SSSR count). The molecule has 0 unspecified atom stereocenters. The van der Waals surface area contributed by atoms with Crippen LogP contribution < -0.4 is 10.6 Å². The molecule has 5 heteroatoms. The van der Waals surface area contributed by atoms with Gasteiger partial charge in [-0.25, -0.2) is 0 Å². The number of carbonyl (C=O) groups is 2. The summed E-state index contributed by atoms with van der Waals surface area (Å²) in [5.41, 5.74) is 1.20. The van der Waals surface area contributed by atoms with Gasteiger partial charge >= 0.3 is 0 Å². The Morgan fingerprint density at radius 1 is 1.23 bits per heavy atom. The van der Waals surface area contributed by atoms with Crippen molar-refractivity contribution in [1.82, 2.24) is 10.2 Å². The van der Waals surface area contributed by atoms with Crippen LogP contribution in [0.1, 0.15) is 30.6 Å². The Morgan fingerprint density at radius 3 is 2.55 bits per heavy atom. The van der Waals surface area contributed by atoms with Crippen molar-refractivity contribution in [2.24, 2.45) is 11.8 Å². The van der Waals surface area contributed by atoms with E-state index in [1.165, 1.54) is 6.42 Å². The second kappa shape index (κ2) is 7.40. The lowest BCUT2D eigenvalue weighted by atomic mass is 9.92. The minimum atomic E-state index is -0.158. The topological polar surface area (TPSA) is 61.4 Å². The fourth-order valence-corrected chi connectivity index (χ4v) is 3.21. The minimum Gasteiger partial charge on any atom is -0.355 e. The zero-order valence-corrected chi connectivity index (χ0v) is 13.6. The van der Waals surface area contributed by atoms with E-state index in [-0.39, 0.29) is 11.8 Å². The summed E-state index contributed by atoms with van der Waals surface area (Å²) >= 11 is 0. The summed E-state index contributed by atoms with van der Waals surface area (Å²) in [6, 6.07) is 6.98. The Bertz CT molecular complexity index is 534. The fourth-order valence-electron chi connectivity index (χ4n) is 3.21. The molecule has 2 atom stereocenters. The van der Waals surface area contributed by atoms with Crippen molar-refractivity contribution in [2.45, 2.75) is 20.3 Å². The number of anilines is 1. The first kappa shape index (κ1) is 16.5. The summed E-state index contributed by atoms with van der Waals surface area (Å²) in [4.78, 5) is 26.0. The van der Waals surface area contributed by atoms with Crippen molar-refractivity contribution in [3.8, 4) is 0 Å². The molecule has 0 aromatic heterocycles. The molecule has 1 saturated heterocycles. The first-order valence-electron chi connectivity index (χ1n) is 7.82. The van der Waals surface area contributed by atoms with Crippen molar-refractivity contribution < 1.29 is 9.59 Å². The predicted octanol–water partition coefficient (Wildman–Crippen LogP) is 1.96. The molecular weight excluding hydrogens is 278 g/mol. The molecule has 2 amide bonds. The molecule has 1 aromatic carbocycles. The third-order valence-corrected chi connectivity index (χ3v) is 3.95. The number of benzene rings is 1. The van der Waals surface area contributed by atoms with E-state index in [2.05, 4.69) is 29.4 Å². The van der Waals surface area contributed by atoms with E-state index >= 15 is 0 Å². The maximum absolute atomic E-state index is 12.2. The van der Waals surface area contributed by atoms with Crippen LogP contribution in [0.15, 0.2) is 24.3 Å². The van der Waals surface area contributed by atoms with Crippen molar-refractivity contribution in [3.63, 3.8) is 0 Å². The fraction of sp³-hybridized carbons (Fsp3) is 0.529. The molecule has 1 heterocycles. The molecule has 1 aromatic rings. The van der Waals surface area contributed by atoms with Gasteiger partial charge in [-0.2, -0.15) is 0 Å². The molecule has 0 spiro atoms. The second-order valence-corrected chi connectivity index (χ2v) is 6.35. The SMILES string of the molecule is CNC(=O)c1cccc(NC(=O)CN2C[C@H](C)C[C@@H](C)C2)c1. The number of hydrogen-bond donors (Lipinski definition) is 2. The number of nitrogens with one attached hydrogen (secondary N) is 2. The van der Waals surface area contributed by atoms with E-state index in [4.69, 9.17) is 0 Å². The number of amides is 2. The van der Waals surface area contributed by atoms with E-state index in [0.717, 1.165) is 13.1 Å². The Hall–Kier alpha value is -1.88. The molecular formula is C17H25N3O2. The van der Waals surface area contributed by atoms with Crippen LogP contribution in [-0.2, 0) is 4.79 Å². The van der Waals surface area contributed by atoms with Gasteiger partial charge in [0.1, 0.15) is 0 Å². The smallest absolute Gasteiger partial charge is 0.251 e. The van der Waals surface area contributed by atoms with Crippen molar-refractivity contribution in [2.75, 3.05) is 32.0 Å². The second-order valence-electron chi connectivity index (χ2n) is 6.35. The van der Waals surface area contributed by atoms with Crippen LogP contribution in [0.4, 0.5) is 5.69 Å². The van der Waals surface area contributed by atoms with Crippen molar-refractivity contribution in [3.05, 3.63) is 29.8 Å². The lowest BCUT2D eigenvalue weighted by molar-refractivity contribution is -0.117. The van der Waals surface area contributed by atoms with Crippen molar-refractivity contribution >= 4 is 17.5 Å². The first-order chi connectivity index (χ1) is 10.5. The summed E-state index contributed by atoms with van der Waals surface area (Å²) in [5, 5.41) is 5.45. The standard InChI is InChI=1S/C17H25N3O2/c1-12-7-13(2)10-20(9-12)11-16(21)19-15-6-4-5-14(8-15)17(22)18-3/h4-6,8,12-13H,7,9-11H2,1-3H3,(H,18,22)(H,19,21)/t12-,13-/m1/s1. The predicted molar refractivity (Wildman–Crippen MR) is 87.8 cm³/mol. The average Bonchev–Trinajstić information content (AvgIpc) is 2.45. The van der Waals surface area contributed by atoms with Gasteiger partial charge in [-0.15, -0.1) is 0 Å². The molecule has 0 saturated carbocycles. The van der Waals surface area contributed by atoms with Gasteiger partial charge in [-0.05, 0) is 36.5 Å².